The van der Waals surface area contributed by atoms with Crippen molar-refractivity contribution in [3.05, 3.63) is 35.0 Å². The zero-order chi connectivity index (χ0) is 29.7. The minimum absolute atomic E-state index is 0.0270. The summed E-state index contributed by atoms with van der Waals surface area (Å²) in [6.45, 7) is 8.85. The zero-order valence-electron chi connectivity index (χ0n) is 24.9. The summed E-state index contributed by atoms with van der Waals surface area (Å²) in [6.07, 6.45) is 11.3. The molecule has 0 saturated heterocycles. The van der Waals surface area contributed by atoms with Gasteiger partial charge in [-0.05, 0) is 18.6 Å². The summed E-state index contributed by atoms with van der Waals surface area (Å²) in [5.41, 5.74) is 2.43. The largest absolute Gasteiger partial charge is 0.446 e. The van der Waals surface area contributed by atoms with Gasteiger partial charge in [0.15, 0.2) is 11.5 Å². The molecule has 3 rings (SSSR count). The van der Waals surface area contributed by atoms with Crippen LogP contribution < -0.4 is 10.6 Å². The molecule has 11 heteroatoms. The fourth-order valence-electron chi connectivity index (χ4n) is 4.43. The van der Waals surface area contributed by atoms with Crippen molar-refractivity contribution in [2.45, 2.75) is 97.3 Å². The average Bonchev–Trinajstić information content (AvgIpc) is 3.49. The van der Waals surface area contributed by atoms with Gasteiger partial charge >= 0.3 is 12.2 Å². The average molecular weight is 589 g/mol. The second kappa shape index (κ2) is 16.2. The summed E-state index contributed by atoms with van der Waals surface area (Å²) >= 11 is 6.53. The van der Waals surface area contributed by atoms with Gasteiger partial charge in [-0.15, -0.1) is 9.73 Å². The lowest BCUT2D eigenvalue weighted by atomic mass is 9.92. The van der Waals surface area contributed by atoms with Crippen molar-refractivity contribution < 1.29 is 19.1 Å². The normalized spacial score (nSPS) is 11.5. The van der Waals surface area contributed by atoms with Gasteiger partial charge in [-0.1, -0.05) is 109 Å². The Morgan fingerprint density at radius 2 is 1.56 bits per heavy atom. The molecule has 0 bridgehead atoms. The van der Waals surface area contributed by atoms with E-state index in [4.69, 9.17) is 21.1 Å². The highest BCUT2D eigenvalue weighted by Crippen LogP contribution is 2.32. The van der Waals surface area contributed by atoms with Crippen LogP contribution in [0, 0.1) is 0 Å². The van der Waals surface area contributed by atoms with Crippen LogP contribution in [-0.4, -0.2) is 51.8 Å². The van der Waals surface area contributed by atoms with E-state index in [9.17, 15) is 9.59 Å². The summed E-state index contributed by atoms with van der Waals surface area (Å²) in [4.78, 5) is 27.3. The number of nitrogens with one attached hydrogen (secondary N) is 3. The summed E-state index contributed by atoms with van der Waals surface area (Å²) in [7, 11) is 0. The number of aromatic nitrogens is 4. The van der Waals surface area contributed by atoms with Crippen molar-refractivity contribution in [1.29, 1.82) is 0 Å². The van der Waals surface area contributed by atoms with Crippen LogP contribution in [0.3, 0.4) is 0 Å². The first kappa shape index (κ1) is 32.2. The molecule has 2 heterocycles. The van der Waals surface area contributed by atoms with Gasteiger partial charge in [-0.3, -0.25) is 5.32 Å². The minimum Gasteiger partial charge on any atom is -0.446 e. The number of carbonyl (C=O) groups is 2. The van der Waals surface area contributed by atoms with E-state index < -0.39 is 12.2 Å². The third-order valence-electron chi connectivity index (χ3n) is 6.68. The number of hydrogen-bond acceptors (Lipinski definition) is 6. The maximum absolute atomic E-state index is 12.2. The van der Waals surface area contributed by atoms with Gasteiger partial charge in [-0.25, -0.2) is 9.59 Å². The van der Waals surface area contributed by atoms with E-state index in [0.29, 0.717) is 28.7 Å². The van der Waals surface area contributed by atoms with Crippen LogP contribution in [0.15, 0.2) is 24.3 Å². The highest BCUT2D eigenvalue weighted by Gasteiger charge is 2.25. The highest BCUT2D eigenvalue weighted by molar-refractivity contribution is 6.34. The van der Waals surface area contributed by atoms with Crippen LogP contribution in [0.1, 0.15) is 97.6 Å². The van der Waals surface area contributed by atoms with Crippen LogP contribution in [-0.2, 0) is 14.9 Å². The molecule has 0 unspecified atom stereocenters. The summed E-state index contributed by atoms with van der Waals surface area (Å²) in [6, 6.07) is 7.15. The molecule has 226 valence electrons. The first-order valence-electron chi connectivity index (χ1n) is 14.8. The number of hydrogen-bond donors (Lipinski definition) is 3. The van der Waals surface area contributed by atoms with Crippen LogP contribution in [0.25, 0.3) is 17.0 Å². The molecular weight excluding hydrogens is 544 g/mol. The number of rotatable bonds is 16. The Morgan fingerprint density at radius 1 is 0.927 bits per heavy atom. The van der Waals surface area contributed by atoms with Crippen molar-refractivity contribution in [3.8, 4) is 11.4 Å². The smallest absolute Gasteiger partial charge is 0.411 e. The third-order valence-corrected chi connectivity index (χ3v) is 7.04. The summed E-state index contributed by atoms with van der Waals surface area (Å²) in [5, 5.41) is 15.0. The Bertz CT molecular complexity index is 1250. The molecule has 2 aromatic heterocycles. The highest BCUT2D eigenvalue weighted by atomic mass is 35.5. The van der Waals surface area contributed by atoms with Crippen LogP contribution in [0.5, 0.6) is 0 Å². The summed E-state index contributed by atoms with van der Waals surface area (Å²) in [5.74, 6) is 0.559. The lowest BCUT2D eigenvalue weighted by Crippen LogP contribution is -2.27. The monoisotopic (exact) mass is 588 g/mol. The van der Waals surface area contributed by atoms with E-state index in [0.717, 1.165) is 24.1 Å². The SMILES string of the molecule is CCCCCCCCCCCCNC(=O)OCCOC(=O)Nc1cccc(-c2nn3nc(C(C)(C)C)c(Cl)c3[nH]2)c1. The molecule has 2 amide bonds. The number of carbonyl (C=O) groups excluding carboxylic acids is 2. The molecule has 41 heavy (non-hydrogen) atoms. The van der Waals surface area contributed by atoms with Gasteiger partial charge in [-0.2, -0.15) is 5.10 Å². The molecule has 0 aliphatic rings. The fourth-order valence-corrected chi connectivity index (χ4v) is 4.87. The standard InChI is InChI=1S/C30H45ClN6O4/c1-5-6-7-8-9-10-11-12-13-14-18-32-28(38)40-19-20-41-29(39)33-23-17-15-16-22(21-23)26-34-27-24(31)25(30(2,3)4)35-37(27)36-26/h15-17,21H,5-14,18-20H2,1-4H3,(H,32,38)(H,33,39)(H,34,36). The topological polar surface area (TPSA) is 123 Å². The van der Waals surface area contributed by atoms with E-state index in [1.807, 2.05) is 26.8 Å². The number of aromatic amines is 1. The summed E-state index contributed by atoms with van der Waals surface area (Å²) < 4.78 is 11.7. The number of benzene rings is 1. The van der Waals surface area contributed by atoms with Crippen molar-refractivity contribution in [2.24, 2.45) is 0 Å². The van der Waals surface area contributed by atoms with E-state index in [2.05, 4.69) is 32.7 Å². The van der Waals surface area contributed by atoms with Gasteiger partial charge in [0.1, 0.15) is 18.2 Å². The first-order chi connectivity index (χ1) is 19.7. The number of amides is 2. The predicted molar refractivity (Wildman–Crippen MR) is 163 cm³/mol. The molecule has 0 aliphatic heterocycles. The molecule has 3 N–H and O–H groups in total. The Hall–Kier alpha value is -3.27. The van der Waals surface area contributed by atoms with Crippen molar-refractivity contribution in [1.82, 2.24) is 25.1 Å². The van der Waals surface area contributed by atoms with Gasteiger partial charge < -0.3 is 19.8 Å². The zero-order valence-corrected chi connectivity index (χ0v) is 25.6. The number of ether oxygens (including phenoxy) is 2. The van der Waals surface area contributed by atoms with Crippen LogP contribution in [0.2, 0.25) is 5.02 Å². The van der Waals surface area contributed by atoms with Crippen LogP contribution in [0.4, 0.5) is 15.3 Å². The Balaban J connectivity index is 1.30. The Kier molecular flexibility index (Phi) is 12.8. The minimum atomic E-state index is -0.649. The predicted octanol–water partition coefficient (Wildman–Crippen LogP) is 7.87. The molecule has 1 aromatic carbocycles. The van der Waals surface area contributed by atoms with Crippen molar-refractivity contribution in [2.75, 3.05) is 25.1 Å². The number of H-pyrrole nitrogens is 1. The molecular formula is C30H45ClN6O4. The molecule has 0 atom stereocenters. The Morgan fingerprint density at radius 3 is 2.20 bits per heavy atom. The van der Waals surface area contributed by atoms with Crippen molar-refractivity contribution in [3.63, 3.8) is 0 Å². The van der Waals surface area contributed by atoms with Gasteiger partial charge in [0.25, 0.3) is 0 Å². The molecule has 3 aromatic rings. The number of alkyl carbamates (subject to hydrolysis) is 1. The van der Waals surface area contributed by atoms with E-state index >= 15 is 0 Å². The number of nitrogens with zero attached hydrogens (tertiary/aromatic N) is 3. The second-order valence-electron chi connectivity index (χ2n) is 11.3. The van der Waals surface area contributed by atoms with E-state index in [1.54, 1.807) is 18.2 Å². The third kappa shape index (κ3) is 10.6. The van der Waals surface area contributed by atoms with E-state index in [1.165, 1.54) is 56.0 Å². The second-order valence-corrected chi connectivity index (χ2v) is 11.7. The van der Waals surface area contributed by atoms with Crippen molar-refractivity contribution >= 4 is 35.1 Å². The molecule has 10 nitrogen and oxygen atoms in total. The lowest BCUT2D eigenvalue weighted by molar-refractivity contribution is 0.102. The maximum Gasteiger partial charge on any atom is 0.411 e. The maximum atomic E-state index is 12.2. The lowest BCUT2D eigenvalue weighted by Gasteiger charge is -2.14. The van der Waals surface area contributed by atoms with Gasteiger partial charge in [0.05, 0.1) is 5.69 Å². The van der Waals surface area contributed by atoms with Crippen LogP contribution >= 0.6 is 11.6 Å². The quantitative estimate of drug-likeness (QED) is 0.146. The van der Waals surface area contributed by atoms with E-state index in [-0.39, 0.29) is 18.6 Å². The number of fused-ring (bicyclic) bond motifs is 1. The number of unbranched alkanes of at least 4 members (excludes halogenated alkanes) is 9. The number of anilines is 1. The molecule has 0 aliphatic carbocycles. The number of halogens is 1. The molecule has 0 radical (unpaired) electrons. The molecule has 0 fully saturated rings. The molecule has 0 spiro atoms. The van der Waals surface area contributed by atoms with Gasteiger partial charge in [0.2, 0.25) is 0 Å². The fraction of sp³-hybridized carbons (Fsp3) is 0.600. The first-order valence-corrected chi connectivity index (χ1v) is 15.2. The van der Waals surface area contributed by atoms with Gasteiger partial charge in [0, 0.05) is 23.2 Å². The molecule has 0 saturated carbocycles. The Labute approximate surface area is 247 Å².